The lowest BCUT2D eigenvalue weighted by Gasteiger charge is -2.29. The fourth-order valence-corrected chi connectivity index (χ4v) is 2.91. The molecule has 2 N–H and O–H groups in total. The van der Waals surface area contributed by atoms with Crippen molar-refractivity contribution in [2.24, 2.45) is 5.92 Å². The summed E-state index contributed by atoms with van der Waals surface area (Å²) in [5.74, 6) is 0.750. The van der Waals surface area contributed by atoms with Gasteiger partial charge in [0, 0.05) is 25.7 Å². The number of benzene rings is 1. The Labute approximate surface area is 127 Å². The van der Waals surface area contributed by atoms with Crippen molar-refractivity contribution in [3.05, 3.63) is 29.8 Å². The smallest absolute Gasteiger partial charge is 0.221 e. The van der Waals surface area contributed by atoms with E-state index in [0.29, 0.717) is 0 Å². The first-order valence-electron chi connectivity index (χ1n) is 7.97. The van der Waals surface area contributed by atoms with Crippen molar-refractivity contribution in [3.63, 3.8) is 0 Å². The van der Waals surface area contributed by atoms with Crippen molar-refractivity contribution in [2.75, 3.05) is 31.5 Å². The average molecular weight is 289 g/mol. The van der Waals surface area contributed by atoms with E-state index in [1.54, 1.807) is 0 Å². The van der Waals surface area contributed by atoms with Gasteiger partial charge in [-0.05, 0) is 56.1 Å². The number of anilines is 1. The zero-order chi connectivity index (χ0) is 15.1. The highest BCUT2D eigenvalue weighted by Gasteiger charge is 2.16. The second-order valence-corrected chi connectivity index (χ2v) is 5.92. The Bertz CT molecular complexity index is 438. The van der Waals surface area contributed by atoms with Crippen molar-refractivity contribution in [2.45, 2.75) is 33.2 Å². The van der Waals surface area contributed by atoms with Crippen molar-refractivity contribution < 1.29 is 4.79 Å². The van der Waals surface area contributed by atoms with Gasteiger partial charge in [0.1, 0.15) is 0 Å². The predicted octanol–water partition coefficient (Wildman–Crippen LogP) is 2.47. The highest BCUT2D eigenvalue weighted by Crippen LogP contribution is 2.15. The molecule has 0 bridgehead atoms. The van der Waals surface area contributed by atoms with Gasteiger partial charge >= 0.3 is 0 Å². The van der Waals surface area contributed by atoms with Gasteiger partial charge in [0.15, 0.2) is 0 Å². The molecule has 1 fully saturated rings. The third-order valence-corrected chi connectivity index (χ3v) is 4.04. The minimum atomic E-state index is -0.0252. The quantitative estimate of drug-likeness (QED) is 0.845. The highest BCUT2D eigenvalue weighted by molar-refractivity contribution is 5.88. The van der Waals surface area contributed by atoms with Gasteiger partial charge < -0.3 is 10.6 Å². The maximum absolute atomic E-state index is 11.0. The molecule has 21 heavy (non-hydrogen) atoms. The van der Waals surface area contributed by atoms with Crippen LogP contribution in [-0.4, -0.2) is 37.0 Å². The van der Waals surface area contributed by atoms with Crippen LogP contribution in [0.5, 0.6) is 0 Å². The van der Waals surface area contributed by atoms with Gasteiger partial charge in [-0.25, -0.2) is 0 Å². The van der Waals surface area contributed by atoms with Crippen molar-refractivity contribution >= 4 is 11.6 Å². The molecule has 1 saturated heterocycles. The lowest BCUT2D eigenvalue weighted by atomic mass is 9.99. The maximum Gasteiger partial charge on any atom is 0.221 e. The first-order chi connectivity index (χ1) is 10.2. The number of rotatable bonds is 6. The number of nitrogens with zero attached hydrogens (tertiary/aromatic N) is 1. The summed E-state index contributed by atoms with van der Waals surface area (Å²) in [4.78, 5) is 13.5. The summed E-state index contributed by atoms with van der Waals surface area (Å²) in [5.41, 5.74) is 2.17. The van der Waals surface area contributed by atoms with Crippen molar-refractivity contribution in [1.29, 1.82) is 0 Å². The van der Waals surface area contributed by atoms with E-state index in [9.17, 15) is 4.79 Å². The van der Waals surface area contributed by atoms with Gasteiger partial charge in [-0.15, -0.1) is 0 Å². The Morgan fingerprint density at radius 3 is 2.71 bits per heavy atom. The van der Waals surface area contributed by atoms with Crippen molar-refractivity contribution in [1.82, 2.24) is 10.2 Å². The number of hydrogen-bond acceptors (Lipinski definition) is 3. The van der Waals surface area contributed by atoms with Crippen LogP contribution in [0.25, 0.3) is 0 Å². The fraction of sp³-hybridized carbons (Fsp3) is 0.588. The Kier molecular flexibility index (Phi) is 6.21. The van der Waals surface area contributed by atoms with Crippen LogP contribution >= 0.6 is 0 Å². The minimum absolute atomic E-state index is 0.0252. The van der Waals surface area contributed by atoms with E-state index < -0.39 is 0 Å². The molecule has 116 valence electrons. The van der Waals surface area contributed by atoms with Gasteiger partial charge in [0.05, 0.1) is 0 Å². The molecule has 0 aliphatic carbocycles. The molecule has 0 radical (unpaired) electrons. The van der Waals surface area contributed by atoms with Crippen LogP contribution < -0.4 is 10.6 Å². The van der Waals surface area contributed by atoms with Crippen LogP contribution in [0.4, 0.5) is 5.69 Å². The van der Waals surface area contributed by atoms with Crippen LogP contribution in [0.1, 0.15) is 32.3 Å². The molecule has 4 heteroatoms. The highest BCUT2D eigenvalue weighted by atomic mass is 16.1. The molecule has 1 heterocycles. The SMILES string of the molecule is CCN(Cc1ccc(NC(C)=O)cc1)CC1CCCNC1. The molecule has 1 aliphatic rings. The summed E-state index contributed by atoms with van der Waals surface area (Å²) in [6.45, 7) is 9.30. The van der Waals surface area contributed by atoms with E-state index in [1.807, 2.05) is 12.1 Å². The molecule has 0 aromatic heterocycles. The van der Waals surface area contributed by atoms with E-state index in [0.717, 1.165) is 37.8 Å². The van der Waals surface area contributed by atoms with E-state index in [4.69, 9.17) is 0 Å². The Morgan fingerprint density at radius 2 is 2.14 bits per heavy atom. The lowest BCUT2D eigenvalue weighted by molar-refractivity contribution is -0.114. The normalized spacial score (nSPS) is 18.7. The summed E-state index contributed by atoms with van der Waals surface area (Å²) in [7, 11) is 0. The second kappa shape index (κ2) is 8.15. The number of nitrogens with one attached hydrogen (secondary N) is 2. The molecular weight excluding hydrogens is 262 g/mol. The van der Waals surface area contributed by atoms with Crippen LogP contribution in [0.3, 0.4) is 0 Å². The fourth-order valence-electron chi connectivity index (χ4n) is 2.91. The van der Waals surface area contributed by atoms with E-state index in [-0.39, 0.29) is 5.91 Å². The molecule has 2 rings (SSSR count). The zero-order valence-electron chi connectivity index (χ0n) is 13.2. The van der Waals surface area contributed by atoms with Gasteiger partial charge in [0.2, 0.25) is 5.91 Å². The molecule has 1 unspecified atom stereocenters. The Balaban J connectivity index is 1.86. The van der Waals surface area contributed by atoms with Gasteiger partial charge in [-0.3, -0.25) is 9.69 Å². The third-order valence-electron chi connectivity index (χ3n) is 4.04. The lowest BCUT2D eigenvalue weighted by Crippen LogP contribution is -2.38. The van der Waals surface area contributed by atoms with Crippen molar-refractivity contribution in [3.8, 4) is 0 Å². The summed E-state index contributed by atoms with van der Waals surface area (Å²) in [6.07, 6.45) is 2.64. The van der Waals surface area contributed by atoms with Crippen LogP contribution in [0, 0.1) is 5.92 Å². The van der Waals surface area contributed by atoms with Crippen LogP contribution in [0.2, 0.25) is 0 Å². The minimum Gasteiger partial charge on any atom is -0.326 e. The number of hydrogen-bond donors (Lipinski definition) is 2. The van der Waals surface area contributed by atoms with E-state index >= 15 is 0 Å². The monoisotopic (exact) mass is 289 g/mol. The predicted molar refractivity (Wildman–Crippen MR) is 87.3 cm³/mol. The summed E-state index contributed by atoms with van der Waals surface area (Å²) < 4.78 is 0. The zero-order valence-corrected chi connectivity index (χ0v) is 13.2. The number of carbonyl (C=O) groups is 1. The molecule has 4 nitrogen and oxygen atoms in total. The topological polar surface area (TPSA) is 44.4 Å². The van der Waals surface area contributed by atoms with E-state index in [1.165, 1.54) is 31.9 Å². The third kappa shape index (κ3) is 5.48. The second-order valence-electron chi connectivity index (χ2n) is 5.92. The molecule has 1 amide bonds. The molecule has 1 aromatic rings. The molecule has 1 aliphatic heterocycles. The summed E-state index contributed by atoms with van der Waals surface area (Å²) in [6, 6.07) is 8.17. The molecule has 0 saturated carbocycles. The molecular formula is C17H27N3O. The standard InChI is InChI=1S/C17H27N3O/c1-3-20(13-16-5-4-10-18-11-16)12-15-6-8-17(9-7-15)19-14(2)21/h6-9,16,18H,3-5,10-13H2,1-2H3,(H,19,21). The number of carbonyl (C=O) groups excluding carboxylic acids is 1. The molecule has 1 atom stereocenters. The molecule has 1 aromatic carbocycles. The van der Waals surface area contributed by atoms with Gasteiger partial charge in [0.25, 0.3) is 0 Å². The van der Waals surface area contributed by atoms with Gasteiger partial charge in [-0.2, -0.15) is 0 Å². The van der Waals surface area contributed by atoms with E-state index in [2.05, 4.69) is 34.6 Å². The summed E-state index contributed by atoms with van der Waals surface area (Å²) >= 11 is 0. The first kappa shape index (κ1) is 16.0. The summed E-state index contributed by atoms with van der Waals surface area (Å²) in [5, 5.41) is 6.29. The Morgan fingerprint density at radius 1 is 1.38 bits per heavy atom. The van der Waals surface area contributed by atoms with Crippen LogP contribution in [0.15, 0.2) is 24.3 Å². The maximum atomic E-state index is 11.0. The molecule has 0 spiro atoms. The number of amides is 1. The number of piperidine rings is 1. The first-order valence-corrected chi connectivity index (χ1v) is 7.97. The van der Waals surface area contributed by atoms with Gasteiger partial charge in [-0.1, -0.05) is 19.1 Å². The van der Waals surface area contributed by atoms with Crippen LogP contribution in [-0.2, 0) is 11.3 Å². The average Bonchev–Trinajstić information content (AvgIpc) is 2.49. The Hall–Kier alpha value is -1.39. The largest absolute Gasteiger partial charge is 0.326 e.